The summed E-state index contributed by atoms with van der Waals surface area (Å²) in [6.45, 7) is 0.843. The summed E-state index contributed by atoms with van der Waals surface area (Å²) in [5, 5.41) is 2.66. The fourth-order valence-electron chi connectivity index (χ4n) is 1.10. The normalized spacial score (nSPS) is 10.7. The van der Waals surface area contributed by atoms with Crippen LogP contribution >= 0.6 is 15.9 Å². The van der Waals surface area contributed by atoms with E-state index < -0.39 is 0 Å². The third-order valence-corrected chi connectivity index (χ3v) is 2.52. The molecule has 0 aromatic heterocycles. The molecule has 3 N–H and O–H groups in total. The topological polar surface area (TPSA) is 55.1 Å². The Hall–Kier alpha value is -1.20. The van der Waals surface area contributed by atoms with Gasteiger partial charge in [0.25, 0.3) is 5.91 Å². The molecule has 5 heteroatoms. The van der Waals surface area contributed by atoms with Gasteiger partial charge in [-0.15, -0.1) is 0 Å². The zero-order valence-corrected chi connectivity index (χ0v) is 10.1. The molecule has 0 bridgehead atoms. The van der Waals surface area contributed by atoms with E-state index in [1.807, 2.05) is 0 Å². The lowest BCUT2D eigenvalue weighted by Gasteiger charge is -2.04. The Morgan fingerprint density at radius 2 is 2.25 bits per heavy atom. The van der Waals surface area contributed by atoms with E-state index >= 15 is 0 Å². The van der Waals surface area contributed by atoms with Gasteiger partial charge in [-0.3, -0.25) is 4.79 Å². The summed E-state index contributed by atoms with van der Waals surface area (Å²) in [5.74, 6) is -0.639. The zero-order chi connectivity index (χ0) is 12.0. The van der Waals surface area contributed by atoms with Crippen LogP contribution in [0.1, 0.15) is 10.4 Å². The Kier molecular flexibility index (Phi) is 5.14. The van der Waals surface area contributed by atoms with Gasteiger partial charge >= 0.3 is 0 Å². The van der Waals surface area contributed by atoms with Crippen LogP contribution in [-0.4, -0.2) is 19.0 Å². The van der Waals surface area contributed by atoms with E-state index in [2.05, 4.69) is 21.2 Å². The maximum Gasteiger partial charge on any atom is 0.252 e. The minimum atomic E-state index is -0.383. The van der Waals surface area contributed by atoms with Crippen molar-refractivity contribution in [2.24, 2.45) is 5.73 Å². The van der Waals surface area contributed by atoms with Gasteiger partial charge in [-0.05, 0) is 34.1 Å². The Morgan fingerprint density at radius 1 is 1.50 bits per heavy atom. The van der Waals surface area contributed by atoms with Crippen LogP contribution in [-0.2, 0) is 0 Å². The van der Waals surface area contributed by atoms with Gasteiger partial charge in [-0.25, -0.2) is 4.39 Å². The van der Waals surface area contributed by atoms with Crippen molar-refractivity contribution in [3.8, 4) is 0 Å². The van der Waals surface area contributed by atoms with Crippen molar-refractivity contribution in [3.63, 3.8) is 0 Å². The maximum absolute atomic E-state index is 12.8. The van der Waals surface area contributed by atoms with Gasteiger partial charge in [0.1, 0.15) is 5.82 Å². The van der Waals surface area contributed by atoms with Crippen molar-refractivity contribution < 1.29 is 9.18 Å². The number of carbonyl (C=O) groups is 1. The highest BCUT2D eigenvalue weighted by molar-refractivity contribution is 9.10. The molecule has 0 radical (unpaired) electrons. The molecule has 1 amide bonds. The first-order valence-corrected chi connectivity index (χ1v) is 5.52. The minimum absolute atomic E-state index is 0.256. The molecule has 0 saturated heterocycles. The third kappa shape index (κ3) is 3.75. The molecule has 1 aromatic carbocycles. The molecular weight excluding hydrogens is 275 g/mol. The maximum atomic E-state index is 12.8. The number of rotatable bonds is 4. The molecule has 1 aromatic rings. The standard InChI is InChI=1S/C11H12BrFN2O/c12-10-7-8(13)3-4-9(10)11(16)15-6-2-1-5-14/h1-4,7H,5-6,14H2,(H,15,16)/b2-1+. The summed E-state index contributed by atoms with van der Waals surface area (Å²) in [6, 6.07) is 3.93. The van der Waals surface area contributed by atoms with Crippen molar-refractivity contribution in [1.29, 1.82) is 0 Å². The van der Waals surface area contributed by atoms with Crippen molar-refractivity contribution in [2.75, 3.05) is 13.1 Å². The number of hydrogen-bond donors (Lipinski definition) is 2. The van der Waals surface area contributed by atoms with E-state index in [1.165, 1.54) is 18.2 Å². The van der Waals surface area contributed by atoms with Crippen LogP contribution in [0.15, 0.2) is 34.8 Å². The average molecular weight is 287 g/mol. The predicted molar refractivity (Wildman–Crippen MR) is 64.6 cm³/mol. The number of hydrogen-bond acceptors (Lipinski definition) is 2. The fourth-order valence-corrected chi connectivity index (χ4v) is 1.63. The van der Waals surface area contributed by atoms with Crippen LogP contribution in [0.25, 0.3) is 0 Å². The summed E-state index contributed by atoms with van der Waals surface area (Å²) in [4.78, 5) is 11.6. The monoisotopic (exact) mass is 286 g/mol. The van der Waals surface area contributed by atoms with Gasteiger partial charge < -0.3 is 11.1 Å². The molecule has 0 spiro atoms. The highest BCUT2D eigenvalue weighted by Gasteiger charge is 2.09. The van der Waals surface area contributed by atoms with Crippen LogP contribution in [0.2, 0.25) is 0 Å². The van der Waals surface area contributed by atoms with Crippen LogP contribution in [0.4, 0.5) is 4.39 Å². The van der Waals surface area contributed by atoms with Crippen molar-refractivity contribution in [2.45, 2.75) is 0 Å². The smallest absolute Gasteiger partial charge is 0.252 e. The largest absolute Gasteiger partial charge is 0.349 e. The molecule has 86 valence electrons. The summed E-state index contributed by atoms with van der Waals surface area (Å²) < 4.78 is 13.2. The van der Waals surface area contributed by atoms with Crippen molar-refractivity contribution in [3.05, 3.63) is 46.2 Å². The summed E-state index contributed by atoms with van der Waals surface area (Å²) >= 11 is 3.13. The van der Waals surface area contributed by atoms with Crippen molar-refractivity contribution in [1.82, 2.24) is 5.32 Å². The summed E-state index contributed by atoms with van der Waals surface area (Å²) in [6.07, 6.45) is 3.51. The molecule has 1 rings (SSSR count). The zero-order valence-electron chi connectivity index (χ0n) is 8.54. The second-order valence-corrected chi connectivity index (χ2v) is 3.90. The summed E-state index contributed by atoms with van der Waals surface area (Å²) in [7, 11) is 0. The van der Waals surface area contributed by atoms with Gasteiger partial charge in [0.2, 0.25) is 0 Å². The molecule has 0 fully saturated rings. The van der Waals surface area contributed by atoms with Gasteiger partial charge in [-0.1, -0.05) is 12.2 Å². The number of benzene rings is 1. The Bertz CT molecular complexity index is 407. The minimum Gasteiger partial charge on any atom is -0.349 e. The molecule has 0 heterocycles. The van der Waals surface area contributed by atoms with E-state index in [0.29, 0.717) is 23.1 Å². The highest BCUT2D eigenvalue weighted by Crippen LogP contribution is 2.17. The first kappa shape index (κ1) is 12.9. The van der Waals surface area contributed by atoms with Gasteiger partial charge in [0.15, 0.2) is 0 Å². The first-order chi connectivity index (χ1) is 7.65. The second kappa shape index (κ2) is 6.40. The lowest BCUT2D eigenvalue weighted by molar-refractivity contribution is 0.0957. The highest BCUT2D eigenvalue weighted by atomic mass is 79.9. The quantitative estimate of drug-likeness (QED) is 0.830. The van der Waals surface area contributed by atoms with Gasteiger partial charge in [-0.2, -0.15) is 0 Å². The molecule has 16 heavy (non-hydrogen) atoms. The third-order valence-electron chi connectivity index (χ3n) is 1.86. The van der Waals surface area contributed by atoms with E-state index in [-0.39, 0.29) is 11.7 Å². The van der Waals surface area contributed by atoms with E-state index in [0.717, 1.165) is 0 Å². The molecule has 0 atom stereocenters. The van der Waals surface area contributed by atoms with Crippen LogP contribution in [0.3, 0.4) is 0 Å². The molecule has 0 aliphatic rings. The Labute approximate surface area is 102 Å². The van der Waals surface area contributed by atoms with Crippen LogP contribution < -0.4 is 11.1 Å². The van der Waals surface area contributed by atoms with Crippen LogP contribution in [0, 0.1) is 5.82 Å². The molecule has 0 aliphatic carbocycles. The van der Waals surface area contributed by atoms with Gasteiger partial charge in [0, 0.05) is 17.6 Å². The number of nitrogens with two attached hydrogens (primary N) is 1. The first-order valence-electron chi connectivity index (χ1n) is 4.73. The van der Waals surface area contributed by atoms with Crippen LogP contribution in [0.5, 0.6) is 0 Å². The number of carbonyl (C=O) groups excluding carboxylic acids is 1. The van der Waals surface area contributed by atoms with Gasteiger partial charge in [0.05, 0.1) is 5.56 Å². The fraction of sp³-hybridized carbons (Fsp3) is 0.182. The lowest BCUT2D eigenvalue weighted by Crippen LogP contribution is -2.23. The predicted octanol–water partition coefficient (Wildman–Crippen LogP) is 1.83. The average Bonchev–Trinajstić information content (AvgIpc) is 2.24. The Balaban J connectivity index is 2.63. The van der Waals surface area contributed by atoms with E-state index in [9.17, 15) is 9.18 Å². The molecule has 0 unspecified atom stereocenters. The number of halogens is 2. The Morgan fingerprint density at radius 3 is 2.88 bits per heavy atom. The molecular formula is C11H12BrFN2O. The second-order valence-electron chi connectivity index (χ2n) is 3.04. The molecule has 0 aliphatic heterocycles. The lowest BCUT2D eigenvalue weighted by atomic mass is 10.2. The number of amides is 1. The van der Waals surface area contributed by atoms with E-state index in [4.69, 9.17) is 5.73 Å². The molecule has 0 saturated carbocycles. The van der Waals surface area contributed by atoms with Crippen molar-refractivity contribution >= 4 is 21.8 Å². The molecule has 3 nitrogen and oxygen atoms in total. The number of nitrogens with one attached hydrogen (secondary N) is 1. The van der Waals surface area contributed by atoms with E-state index in [1.54, 1.807) is 12.2 Å². The SMILES string of the molecule is NC/C=C/CNC(=O)c1ccc(F)cc1Br. The summed E-state index contributed by atoms with van der Waals surface area (Å²) in [5.41, 5.74) is 5.65.